The molecule has 1 heterocycles. The summed E-state index contributed by atoms with van der Waals surface area (Å²) in [6, 6.07) is 13.0. The number of likely N-dealkylation sites (tertiary alicyclic amines) is 1. The SMILES string of the molecule is COc1ccc([C@@]23CCC(=NNc4ccc(F)cc4)C[C@@H]2N(C)CC3)cc1OC. The van der Waals surface area contributed by atoms with E-state index in [1.807, 2.05) is 6.07 Å². The third kappa shape index (κ3) is 3.69. The first-order valence-electron chi connectivity index (χ1n) is 10.1. The molecule has 2 fully saturated rings. The van der Waals surface area contributed by atoms with Crippen LogP contribution in [0.1, 0.15) is 31.2 Å². The lowest BCUT2D eigenvalue weighted by molar-refractivity contribution is 0.226. The van der Waals surface area contributed by atoms with Crippen LogP contribution in [0.4, 0.5) is 10.1 Å². The zero-order valence-corrected chi connectivity index (χ0v) is 17.2. The average molecular weight is 397 g/mol. The molecule has 1 aliphatic carbocycles. The van der Waals surface area contributed by atoms with Crippen LogP contribution in [0.2, 0.25) is 0 Å². The standard InChI is InChI=1S/C23H28FN3O2/c1-27-13-12-23(16-4-9-20(28-2)21(14-16)29-3)11-10-19(15-22(23)27)26-25-18-7-5-17(24)6-8-18/h4-9,14,22,25H,10-13,15H2,1-3H3/t22-,23-/m0/s1. The maximum Gasteiger partial charge on any atom is 0.161 e. The minimum atomic E-state index is -0.242. The first-order valence-corrected chi connectivity index (χ1v) is 10.1. The van der Waals surface area contributed by atoms with Gasteiger partial charge in [0.25, 0.3) is 0 Å². The molecule has 5 nitrogen and oxygen atoms in total. The zero-order chi connectivity index (χ0) is 20.4. The van der Waals surface area contributed by atoms with Gasteiger partial charge in [-0.25, -0.2) is 4.39 Å². The summed E-state index contributed by atoms with van der Waals surface area (Å²) in [5.74, 6) is 1.30. The Kier molecular flexibility index (Phi) is 5.46. The number of hydrogen-bond acceptors (Lipinski definition) is 5. The molecule has 1 aliphatic heterocycles. The van der Waals surface area contributed by atoms with Crippen molar-refractivity contribution in [1.29, 1.82) is 0 Å². The number of anilines is 1. The summed E-state index contributed by atoms with van der Waals surface area (Å²) in [7, 11) is 5.55. The van der Waals surface area contributed by atoms with Gasteiger partial charge >= 0.3 is 0 Å². The molecule has 1 N–H and O–H groups in total. The third-order valence-electron chi connectivity index (χ3n) is 6.52. The number of fused-ring (bicyclic) bond motifs is 1. The maximum absolute atomic E-state index is 13.1. The molecular formula is C23H28FN3O2. The Morgan fingerprint density at radius 3 is 2.55 bits per heavy atom. The van der Waals surface area contributed by atoms with E-state index in [9.17, 15) is 4.39 Å². The van der Waals surface area contributed by atoms with Gasteiger partial charge in [0.15, 0.2) is 11.5 Å². The highest BCUT2D eigenvalue weighted by Crippen LogP contribution is 2.49. The molecule has 0 aromatic heterocycles. The lowest BCUT2D eigenvalue weighted by Crippen LogP contribution is -2.46. The van der Waals surface area contributed by atoms with E-state index in [4.69, 9.17) is 9.47 Å². The predicted molar refractivity (Wildman–Crippen MR) is 114 cm³/mol. The first-order chi connectivity index (χ1) is 14.1. The van der Waals surface area contributed by atoms with Crippen LogP contribution in [0.25, 0.3) is 0 Å². The van der Waals surface area contributed by atoms with Gasteiger partial charge in [-0.1, -0.05) is 6.07 Å². The van der Waals surface area contributed by atoms with Crippen LogP contribution < -0.4 is 14.9 Å². The highest BCUT2D eigenvalue weighted by atomic mass is 19.1. The van der Waals surface area contributed by atoms with Crippen molar-refractivity contribution in [3.8, 4) is 11.5 Å². The summed E-state index contributed by atoms with van der Waals surface area (Å²) in [5, 5.41) is 4.64. The smallest absolute Gasteiger partial charge is 0.161 e. The number of hydrogen-bond donors (Lipinski definition) is 1. The van der Waals surface area contributed by atoms with Gasteiger partial charge in [-0.05, 0) is 74.8 Å². The molecule has 2 aliphatic rings. The Hall–Kier alpha value is -2.60. The van der Waals surface area contributed by atoms with Crippen LogP contribution in [0.3, 0.4) is 0 Å². The Labute approximate surface area is 171 Å². The van der Waals surface area contributed by atoms with Crippen molar-refractivity contribution in [1.82, 2.24) is 4.90 Å². The van der Waals surface area contributed by atoms with Crippen LogP contribution in [0, 0.1) is 5.82 Å². The van der Waals surface area contributed by atoms with Crippen LogP contribution in [-0.4, -0.2) is 44.5 Å². The Balaban J connectivity index is 1.57. The van der Waals surface area contributed by atoms with Crippen molar-refractivity contribution >= 4 is 11.4 Å². The molecule has 0 bridgehead atoms. The monoisotopic (exact) mass is 397 g/mol. The zero-order valence-electron chi connectivity index (χ0n) is 17.2. The number of ether oxygens (including phenoxy) is 2. The van der Waals surface area contributed by atoms with E-state index in [1.54, 1.807) is 26.4 Å². The topological polar surface area (TPSA) is 46.1 Å². The van der Waals surface area contributed by atoms with Gasteiger partial charge in [0.2, 0.25) is 0 Å². The number of methoxy groups -OCH3 is 2. The van der Waals surface area contributed by atoms with Crippen molar-refractivity contribution in [2.75, 3.05) is 33.2 Å². The number of nitrogens with one attached hydrogen (secondary N) is 1. The second-order valence-corrected chi connectivity index (χ2v) is 7.97. The van der Waals surface area contributed by atoms with E-state index < -0.39 is 0 Å². The minimum absolute atomic E-state index is 0.100. The quantitative estimate of drug-likeness (QED) is 0.758. The number of halogens is 1. The lowest BCUT2D eigenvalue weighted by Gasteiger charge is -2.42. The molecule has 1 saturated carbocycles. The van der Waals surface area contributed by atoms with E-state index in [0.29, 0.717) is 6.04 Å². The molecule has 4 rings (SSSR count). The summed E-state index contributed by atoms with van der Waals surface area (Å²) in [6.45, 7) is 1.07. The normalized spacial score (nSPS) is 25.7. The molecule has 2 aromatic carbocycles. The summed E-state index contributed by atoms with van der Waals surface area (Å²) in [6.07, 6.45) is 4.02. The van der Waals surface area contributed by atoms with Crippen molar-refractivity contribution in [2.24, 2.45) is 5.10 Å². The number of rotatable bonds is 5. The van der Waals surface area contributed by atoms with Crippen LogP contribution >= 0.6 is 0 Å². The summed E-state index contributed by atoms with van der Waals surface area (Å²) >= 11 is 0. The summed E-state index contributed by atoms with van der Waals surface area (Å²) in [4.78, 5) is 2.45. The molecule has 0 spiro atoms. The van der Waals surface area contributed by atoms with Crippen molar-refractivity contribution in [3.63, 3.8) is 0 Å². The average Bonchev–Trinajstić information content (AvgIpc) is 3.10. The fourth-order valence-corrected chi connectivity index (χ4v) is 4.85. The first kappa shape index (κ1) is 19.7. The molecule has 0 unspecified atom stereocenters. The second-order valence-electron chi connectivity index (χ2n) is 7.97. The number of hydrazone groups is 1. The van der Waals surface area contributed by atoms with E-state index in [0.717, 1.165) is 55.1 Å². The fourth-order valence-electron chi connectivity index (χ4n) is 4.85. The van der Waals surface area contributed by atoms with Crippen molar-refractivity contribution < 1.29 is 13.9 Å². The highest BCUT2D eigenvalue weighted by Gasteiger charge is 2.49. The molecule has 154 valence electrons. The fraction of sp³-hybridized carbons (Fsp3) is 0.435. The van der Waals surface area contributed by atoms with Crippen molar-refractivity contribution in [2.45, 2.75) is 37.1 Å². The molecule has 0 amide bonds. The van der Waals surface area contributed by atoms with Gasteiger partial charge in [-0.2, -0.15) is 5.10 Å². The molecule has 2 atom stereocenters. The summed E-state index contributed by atoms with van der Waals surface area (Å²) < 4.78 is 24.1. The molecule has 0 radical (unpaired) electrons. The van der Waals surface area contributed by atoms with Crippen molar-refractivity contribution in [3.05, 3.63) is 53.8 Å². The van der Waals surface area contributed by atoms with Gasteiger partial charge in [0.1, 0.15) is 5.82 Å². The number of nitrogens with zero attached hydrogens (tertiary/aromatic N) is 2. The van der Waals surface area contributed by atoms with Gasteiger partial charge in [-0.15, -0.1) is 0 Å². The highest BCUT2D eigenvalue weighted by molar-refractivity contribution is 5.87. The summed E-state index contributed by atoms with van der Waals surface area (Å²) in [5.41, 5.74) is 6.46. The number of likely N-dealkylation sites (N-methyl/N-ethyl adjacent to an activating group) is 1. The Morgan fingerprint density at radius 1 is 1.07 bits per heavy atom. The maximum atomic E-state index is 13.1. The molecule has 1 saturated heterocycles. The van der Waals surface area contributed by atoms with Gasteiger partial charge in [-0.3, -0.25) is 5.43 Å². The molecule has 6 heteroatoms. The molecule has 29 heavy (non-hydrogen) atoms. The van der Waals surface area contributed by atoms with Crippen LogP contribution in [0.5, 0.6) is 11.5 Å². The van der Waals surface area contributed by atoms with Crippen LogP contribution in [-0.2, 0) is 5.41 Å². The van der Waals surface area contributed by atoms with Gasteiger partial charge in [0.05, 0.1) is 19.9 Å². The van der Waals surface area contributed by atoms with E-state index >= 15 is 0 Å². The Bertz CT molecular complexity index is 899. The second kappa shape index (κ2) is 8.03. The lowest BCUT2D eigenvalue weighted by atomic mass is 9.65. The predicted octanol–water partition coefficient (Wildman–Crippen LogP) is 4.44. The number of benzene rings is 2. The van der Waals surface area contributed by atoms with E-state index in [2.05, 4.69) is 34.6 Å². The van der Waals surface area contributed by atoms with Gasteiger partial charge < -0.3 is 14.4 Å². The molecule has 2 aromatic rings. The minimum Gasteiger partial charge on any atom is -0.493 e. The van der Waals surface area contributed by atoms with E-state index in [-0.39, 0.29) is 11.2 Å². The Morgan fingerprint density at radius 2 is 1.83 bits per heavy atom. The third-order valence-corrected chi connectivity index (χ3v) is 6.52. The van der Waals surface area contributed by atoms with Crippen LogP contribution in [0.15, 0.2) is 47.6 Å². The van der Waals surface area contributed by atoms with E-state index in [1.165, 1.54) is 17.7 Å². The largest absolute Gasteiger partial charge is 0.493 e. The van der Waals surface area contributed by atoms with Gasteiger partial charge in [0, 0.05) is 23.6 Å². The molecular weight excluding hydrogens is 369 g/mol.